The second-order valence-corrected chi connectivity index (χ2v) is 12.6. The number of amidine groups is 2. The first kappa shape index (κ1) is 26.1. The van der Waals surface area contributed by atoms with Crippen molar-refractivity contribution in [2.24, 2.45) is 9.98 Å². The van der Waals surface area contributed by atoms with Crippen LogP contribution in [-0.2, 0) is 0 Å². The van der Waals surface area contributed by atoms with Crippen molar-refractivity contribution >= 4 is 61.4 Å². The van der Waals surface area contributed by atoms with Gasteiger partial charge in [0.1, 0.15) is 17.4 Å². The summed E-state index contributed by atoms with van der Waals surface area (Å²) < 4.78 is 0. The van der Waals surface area contributed by atoms with Gasteiger partial charge < -0.3 is 10.6 Å². The Morgan fingerprint density at radius 1 is 0.556 bits per heavy atom. The molecule has 0 aliphatic carbocycles. The van der Waals surface area contributed by atoms with E-state index in [4.69, 9.17) is 9.98 Å². The molecule has 2 aliphatic heterocycles. The van der Waals surface area contributed by atoms with E-state index >= 15 is 0 Å². The SMILES string of the molecule is c1ccc(C2=NC(c3ccc4c(ccc5ccc6c(c54)NC(c4cccc5ccccc45)S6)c3)NC(c3ccccc3)=N2)cc1. The Hall–Kier alpha value is -5.39. The molecule has 214 valence electrons. The van der Waals surface area contributed by atoms with Crippen LogP contribution in [0.1, 0.15) is 33.8 Å². The van der Waals surface area contributed by atoms with Crippen LogP contribution in [0.3, 0.4) is 0 Å². The minimum Gasteiger partial charge on any atom is -0.368 e. The second-order valence-electron chi connectivity index (χ2n) is 11.5. The van der Waals surface area contributed by atoms with Gasteiger partial charge in [-0.15, -0.1) is 0 Å². The zero-order valence-electron chi connectivity index (χ0n) is 24.3. The van der Waals surface area contributed by atoms with Crippen LogP contribution >= 0.6 is 11.8 Å². The van der Waals surface area contributed by atoms with E-state index in [-0.39, 0.29) is 11.5 Å². The molecule has 4 nitrogen and oxygen atoms in total. The van der Waals surface area contributed by atoms with Crippen LogP contribution in [0, 0.1) is 0 Å². The van der Waals surface area contributed by atoms with E-state index in [9.17, 15) is 0 Å². The molecule has 2 aliphatic rings. The van der Waals surface area contributed by atoms with Crippen LogP contribution in [0.2, 0.25) is 0 Å². The van der Waals surface area contributed by atoms with Crippen molar-refractivity contribution in [1.82, 2.24) is 5.32 Å². The van der Waals surface area contributed by atoms with Crippen LogP contribution in [0.25, 0.3) is 32.3 Å². The third-order valence-electron chi connectivity index (χ3n) is 8.75. The molecule has 2 heterocycles. The van der Waals surface area contributed by atoms with E-state index in [2.05, 4.69) is 120 Å². The highest BCUT2D eigenvalue weighted by Gasteiger charge is 2.27. The summed E-state index contributed by atoms with van der Waals surface area (Å²) in [5.74, 6) is 1.56. The Morgan fingerprint density at radius 2 is 1.29 bits per heavy atom. The summed E-state index contributed by atoms with van der Waals surface area (Å²) in [5.41, 5.74) is 5.67. The number of aliphatic imine (C=N–C) groups is 2. The number of anilines is 1. The zero-order chi connectivity index (χ0) is 29.7. The molecule has 2 unspecified atom stereocenters. The van der Waals surface area contributed by atoms with Crippen LogP contribution < -0.4 is 10.6 Å². The van der Waals surface area contributed by atoms with Gasteiger partial charge in [-0.05, 0) is 50.2 Å². The van der Waals surface area contributed by atoms with E-state index in [1.807, 2.05) is 48.2 Å². The van der Waals surface area contributed by atoms with Gasteiger partial charge in [0, 0.05) is 21.4 Å². The van der Waals surface area contributed by atoms with Crippen LogP contribution in [0.15, 0.2) is 160 Å². The molecule has 2 atom stereocenters. The molecule has 0 saturated carbocycles. The number of benzene rings is 7. The van der Waals surface area contributed by atoms with Gasteiger partial charge in [-0.3, -0.25) is 0 Å². The maximum atomic E-state index is 5.10. The molecule has 9 rings (SSSR count). The highest BCUT2D eigenvalue weighted by Crippen LogP contribution is 2.51. The largest absolute Gasteiger partial charge is 0.368 e. The molecule has 0 saturated heterocycles. The lowest BCUT2D eigenvalue weighted by Crippen LogP contribution is -2.33. The molecule has 0 bridgehead atoms. The van der Waals surface area contributed by atoms with Crippen molar-refractivity contribution < 1.29 is 0 Å². The number of fused-ring (bicyclic) bond motifs is 6. The van der Waals surface area contributed by atoms with Crippen molar-refractivity contribution in [2.45, 2.75) is 16.4 Å². The summed E-state index contributed by atoms with van der Waals surface area (Å²) in [6, 6.07) is 51.5. The van der Waals surface area contributed by atoms with Gasteiger partial charge in [0.15, 0.2) is 5.84 Å². The fourth-order valence-corrected chi connectivity index (χ4v) is 7.74. The fourth-order valence-electron chi connectivity index (χ4n) is 6.55. The standard InChI is InChI=1S/C40H28N4S/c1-3-11-27(12-4-1)37-42-38(28-13-5-2-6-14-28)44-39(43-37)30-20-22-32-29(24-30)19-18-26-21-23-34-36(35(26)32)41-40(45-34)33-17-9-15-25-10-7-8-16-31(25)33/h1-24,39-41H,(H,42,43,44). The first-order chi connectivity index (χ1) is 22.3. The topological polar surface area (TPSA) is 48.8 Å². The highest BCUT2D eigenvalue weighted by molar-refractivity contribution is 8.00. The van der Waals surface area contributed by atoms with Crippen molar-refractivity contribution in [3.63, 3.8) is 0 Å². The van der Waals surface area contributed by atoms with Crippen LogP contribution in [0.5, 0.6) is 0 Å². The Labute approximate surface area is 265 Å². The smallest absolute Gasteiger partial charge is 0.159 e. The van der Waals surface area contributed by atoms with E-state index in [0.29, 0.717) is 0 Å². The molecule has 7 aromatic rings. The lowest BCUT2D eigenvalue weighted by molar-refractivity contribution is 0.675. The van der Waals surface area contributed by atoms with Crippen LogP contribution in [-0.4, -0.2) is 11.7 Å². The normalized spacial score (nSPS) is 17.4. The highest BCUT2D eigenvalue weighted by atomic mass is 32.2. The third kappa shape index (κ3) is 4.55. The Bertz CT molecular complexity index is 2310. The maximum absolute atomic E-state index is 5.10. The van der Waals surface area contributed by atoms with Gasteiger partial charge in [-0.25, -0.2) is 9.98 Å². The predicted octanol–water partition coefficient (Wildman–Crippen LogP) is 9.86. The number of thioether (sulfide) groups is 1. The number of nitrogens with one attached hydrogen (secondary N) is 2. The molecular weight excluding hydrogens is 569 g/mol. The first-order valence-electron chi connectivity index (χ1n) is 15.2. The predicted molar refractivity (Wildman–Crippen MR) is 189 cm³/mol. The fraction of sp³-hybridized carbons (Fsp3) is 0.0500. The van der Waals surface area contributed by atoms with Crippen LogP contribution in [0.4, 0.5) is 5.69 Å². The van der Waals surface area contributed by atoms with Gasteiger partial charge in [0.25, 0.3) is 0 Å². The first-order valence-corrected chi connectivity index (χ1v) is 16.1. The minimum absolute atomic E-state index is 0.152. The van der Waals surface area contributed by atoms with Gasteiger partial charge >= 0.3 is 0 Å². The molecule has 7 aromatic carbocycles. The van der Waals surface area contributed by atoms with Gasteiger partial charge in [0.05, 0.1) is 5.69 Å². The van der Waals surface area contributed by atoms with Crippen molar-refractivity contribution in [1.29, 1.82) is 0 Å². The minimum atomic E-state index is -0.265. The van der Waals surface area contributed by atoms with Crippen molar-refractivity contribution in [3.05, 3.63) is 168 Å². The molecule has 0 fully saturated rings. The average Bonchev–Trinajstić information content (AvgIpc) is 3.56. The molecule has 0 aromatic heterocycles. The molecule has 45 heavy (non-hydrogen) atoms. The van der Waals surface area contributed by atoms with Crippen molar-refractivity contribution in [3.8, 4) is 0 Å². The summed E-state index contributed by atoms with van der Waals surface area (Å²) in [4.78, 5) is 11.3. The summed E-state index contributed by atoms with van der Waals surface area (Å²) >= 11 is 1.90. The van der Waals surface area contributed by atoms with Crippen molar-refractivity contribution in [2.75, 3.05) is 5.32 Å². The lowest BCUT2D eigenvalue weighted by atomic mass is 9.97. The summed E-state index contributed by atoms with van der Waals surface area (Å²) in [6.07, 6.45) is -0.265. The number of hydrogen-bond acceptors (Lipinski definition) is 5. The average molecular weight is 597 g/mol. The molecule has 0 radical (unpaired) electrons. The zero-order valence-corrected chi connectivity index (χ0v) is 25.1. The quantitative estimate of drug-likeness (QED) is 0.199. The van der Waals surface area contributed by atoms with E-state index in [1.165, 1.54) is 48.5 Å². The number of hydrogen-bond donors (Lipinski definition) is 2. The number of rotatable bonds is 4. The van der Waals surface area contributed by atoms with E-state index in [0.717, 1.165) is 28.4 Å². The molecule has 5 heteroatoms. The Morgan fingerprint density at radius 3 is 2.16 bits per heavy atom. The Kier molecular flexibility index (Phi) is 6.17. The van der Waals surface area contributed by atoms with Gasteiger partial charge in [-0.2, -0.15) is 0 Å². The molecule has 0 amide bonds. The number of nitrogens with zero attached hydrogens (tertiary/aromatic N) is 2. The maximum Gasteiger partial charge on any atom is 0.159 e. The van der Waals surface area contributed by atoms with E-state index in [1.54, 1.807) is 0 Å². The summed E-state index contributed by atoms with van der Waals surface area (Å²) in [6.45, 7) is 0. The summed E-state index contributed by atoms with van der Waals surface area (Å²) in [7, 11) is 0. The van der Waals surface area contributed by atoms with E-state index < -0.39 is 0 Å². The van der Waals surface area contributed by atoms with Gasteiger partial charge in [0.2, 0.25) is 0 Å². The lowest BCUT2D eigenvalue weighted by Gasteiger charge is -2.24. The third-order valence-corrected chi connectivity index (χ3v) is 9.95. The molecular formula is C40H28N4S. The summed E-state index contributed by atoms with van der Waals surface area (Å²) in [5, 5.41) is 15.2. The van der Waals surface area contributed by atoms with Gasteiger partial charge in [-0.1, -0.05) is 145 Å². The second kappa shape index (κ2) is 10.7. The Balaban J connectivity index is 1.12. The molecule has 2 N–H and O–H groups in total. The monoisotopic (exact) mass is 596 g/mol. The molecule has 0 spiro atoms.